The van der Waals surface area contributed by atoms with Crippen molar-refractivity contribution in [1.82, 2.24) is 15.2 Å². The summed E-state index contributed by atoms with van der Waals surface area (Å²) in [4.78, 5) is 8.65. The molecule has 0 aromatic carbocycles. The maximum absolute atomic E-state index is 14.5. The van der Waals surface area contributed by atoms with Crippen LogP contribution in [0.2, 0.25) is 0 Å². The van der Waals surface area contributed by atoms with E-state index in [-0.39, 0.29) is 5.82 Å². The molecule has 0 unspecified atom stereocenters. The van der Waals surface area contributed by atoms with Crippen molar-refractivity contribution >= 4 is 5.82 Å². The van der Waals surface area contributed by atoms with Gasteiger partial charge in [0.25, 0.3) is 0 Å². The average molecular weight is 296 g/mol. The molecule has 0 bridgehead atoms. The number of hydrogen-bond acceptors (Lipinski definition) is 4. The Morgan fingerprint density at radius 2 is 1.86 bits per heavy atom. The van der Waals surface area contributed by atoms with Gasteiger partial charge in [-0.25, -0.2) is 9.37 Å². The summed E-state index contributed by atoms with van der Waals surface area (Å²) in [6, 6.07) is 1.74. The lowest BCUT2D eigenvalue weighted by Gasteiger charge is -2.25. The molecule has 0 radical (unpaired) electrons. The van der Waals surface area contributed by atoms with Gasteiger partial charge >= 0.3 is 0 Å². The van der Waals surface area contributed by atoms with Crippen molar-refractivity contribution < 1.29 is 4.39 Å². The molecule has 0 aliphatic carbocycles. The number of rotatable bonds is 10. The van der Waals surface area contributed by atoms with Crippen molar-refractivity contribution in [3.05, 3.63) is 23.6 Å². The van der Waals surface area contributed by atoms with Crippen molar-refractivity contribution in [2.45, 2.75) is 33.7 Å². The zero-order valence-electron chi connectivity index (χ0n) is 13.8. The smallest absolute Gasteiger partial charge is 0.170 e. The highest BCUT2D eigenvalue weighted by Crippen LogP contribution is 2.19. The number of aromatic nitrogens is 1. The Hall–Kier alpha value is -1.20. The van der Waals surface area contributed by atoms with E-state index in [0.717, 1.165) is 39.1 Å². The standard InChI is InChI=1S/C16H29FN4/c1-5-20(6-2)11-8-12-21(7-3)16-15(17)14(13-18-4)9-10-19-16/h9-10,18H,5-8,11-13H2,1-4H3. The second-order valence-electron chi connectivity index (χ2n) is 5.10. The molecule has 1 heterocycles. The SMILES string of the molecule is CCN(CC)CCCN(CC)c1nccc(CNC)c1F. The summed E-state index contributed by atoms with van der Waals surface area (Å²) in [6.45, 7) is 11.7. The Labute approximate surface area is 128 Å². The van der Waals surface area contributed by atoms with Gasteiger partial charge in [-0.2, -0.15) is 0 Å². The van der Waals surface area contributed by atoms with Crippen LogP contribution < -0.4 is 10.2 Å². The van der Waals surface area contributed by atoms with E-state index < -0.39 is 0 Å². The Balaban J connectivity index is 2.69. The van der Waals surface area contributed by atoms with Crippen LogP contribution in [0.15, 0.2) is 12.3 Å². The third-order valence-electron chi connectivity index (χ3n) is 3.80. The number of hydrogen-bond donors (Lipinski definition) is 1. The Morgan fingerprint density at radius 1 is 1.14 bits per heavy atom. The van der Waals surface area contributed by atoms with Crippen LogP contribution in [-0.4, -0.2) is 49.7 Å². The van der Waals surface area contributed by atoms with Crippen molar-refractivity contribution in [2.24, 2.45) is 0 Å². The van der Waals surface area contributed by atoms with Crippen LogP contribution >= 0.6 is 0 Å². The fourth-order valence-electron chi connectivity index (χ4n) is 2.46. The first kappa shape index (κ1) is 17.9. The lowest BCUT2D eigenvalue weighted by molar-refractivity contribution is 0.300. The number of halogens is 1. The minimum atomic E-state index is -0.198. The predicted molar refractivity (Wildman–Crippen MR) is 87.3 cm³/mol. The van der Waals surface area contributed by atoms with Crippen molar-refractivity contribution in [3.8, 4) is 0 Å². The predicted octanol–water partition coefficient (Wildman–Crippen LogP) is 2.50. The van der Waals surface area contributed by atoms with Gasteiger partial charge in [-0.3, -0.25) is 0 Å². The quantitative estimate of drug-likeness (QED) is 0.719. The van der Waals surface area contributed by atoms with Gasteiger partial charge < -0.3 is 15.1 Å². The zero-order valence-corrected chi connectivity index (χ0v) is 13.8. The van der Waals surface area contributed by atoms with Gasteiger partial charge in [0.15, 0.2) is 11.6 Å². The molecule has 0 atom stereocenters. The van der Waals surface area contributed by atoms with Crippen LogP contribution in [-0.2, 0) is 6.54 Å². The number of anilines is 1. The number of nitrogens with zero attached hydrogens (tertiary/aromatic N) is 3. The zero-order chi connectivity index (χ0) is 15.7. The van der Waals surface area contributed by atoms with E-state index in [1.54, 1.807) is 12.3 Å². The van der Waals surface area contributed by atoms with Crippen molar-refractivity contribution in [3.63, 3.8) is 0 Å². The van der Waals surface area contributed by atoms with Crippen molar-refractivity contribution in [1.29, 1.82) is 0 Å². The molecule has 1 N–H and O–H groups in total. The highest BCUT2D eigenvalue weighted by atomic mass is 19.1. The summed E-state index contributed by atoms with van der Waals surface area (Å²) in [7, 11) is 1.82. The molecule has 21 heavy (non-hydrogen) atoms. The molecule has 0 saturated carbocycles. The third-order valence-corrected chi connectivity index (χ3v) is 3.80. The molecular formula is C16H29FN4. The van der Waals surface area contributed by atoms with Gasteiger partial charge in [0.1, 0.15) is 0 Å². The van der Waals surface area contributed by atoms with E-state index in [9.17, 15) is 4.39 Å². The summed E-state index contributed by atoms with van der Waals surface area (Å²) in [5, 5.41) is 2.99. The van der Waals surface area contributed by atoms with Crippen LogP contribution in [0.25, 0.3) is 0 Å². The summed E-state index contributed by atoms with van der Waals surface area (Å²) < 4.78 is 14.5. The van der Waals surface area contributed by atoms with Crippen molar-refractivity contribution in [2.75, 3.05) is 44.7 Å². The van der Waals surface area contributed by atoms with Gasteiger partial charge in [-0.15, -0.1) is 0 Å². The molecule has 0 spiro atoms. The second-order valence-corrected chi connectivity index (χ2v) is 5.10. The molecular weight excluding hydrogens is 267 g/mol. The highest BCUT2D eigenvalue weighted by molar-refractivity contribution is 5.42. The largest absolute Gasteiger partial charge is 0.354 e. The van der Waals surface area contributed by atoms with Gasteiger partial charge in [-0.05, 0) is 46.1 Å². The Bertz CT molecular complexity index is 407. The highest BCUT2D eigenvalue weighted by Gasteiger charge is 2.14. The summed E-state index contributed by atoms with van der Waals surface area (Å²) in [5.41, 5.74) is 0.671. The Morgan fingerprint density at radius 3 is 2.43 bits per heavy atom. The Kier molecular flexibility index (Phi) is 8.23. The monoisotopic (exact) mass is 296 g/mol. The topological polar surface area (TPSA) is 31.4 Å². The van der Waals surface area contributed by atoms with Crippen LogP contribution in [0.3, 0.4) is 0 Å². The van der Waals surface area contributed by atoms with Gasteiger partial charge in [0, 0.05) is 31.4 Å². The molecule has 0 fully saturated rings. The molecule has 0 amide bonds. The molecule has 1 aromatic rings. The lowest BCUT2D eigenvalue weighted by atomic mass is 10.2. The first-order valence-electron chi connectivity index (χ1n) is 7.93. The molecule has 0 aliphatic rings. The molecule has 0 aliphatic heterocycles. The fraction of sp³-hybridized carbons (Fsp3) is 0.688. The molecule has 120 valence electrons. The maximum atomic E-state index is 14.5. The van der Waals surface area contributed by atoms with E-state index >= 15 is 0 Å². The van der Waals surface area contributed by atoms with E-state index in [4.69, 9.17) is 0 Å². The minimum Gasteiger partial charge on any atom is -0.354 e. The molecule has 0 saturated heterocycles. The van der Waals surface area contributed by atoms with E-state index in [1.807, 2.05) is 18.9 Å². The summed E-state index contributed by atoms with van der Waals surface area (Å²) in [6.07, 6.45) is 2.71. The maximum Gasteiger partial charge on any atom is 0.170 e. The molecule has 1 aromatic heterocycles. The van der Waals surface area contributed by atoms with E-state index in [0.29, 0.717) is 17.9 Å². The number of pyridine rings is 1. The van der Waals surface area contributed by atoms with Crippen LogP contribution in [0.5, 0.6) is 0 Å². The first-order valence-corrected chi connectivity index (χ1v) is 7.93. The van der Waals surface area contributed by atoms with Gasteiger partial charge in [0.05, 0.1) is 0 Å². The molecule has 4 nitrogen and oxygen atoms in total. The first-order chi connectivity index (χ1) is 10.2. The normalized spacial score (nSPS) is 11.1. The third kappa shape index (κ3) is 5.25. The minimum absolute atomic E-state index is 0.198. The number of nitrogens with one attached hydrogen (secondary N) is 1. The van der Waals surface area contributed by atoms with Crippen LogP contribution in [0, 0.1) is 5.82 Å². The summed E-state index contributed by atoms with van der Waals surface area (Å²) in [5.74, 6) is 0.279. The summed E-state index contributed by atoms with van der Waals surface area (Å²) >= 11 is 0. The molecule has 5 heteroatoms. The second kappa shape index (κ2) is 9.68. The van der Waals surface area contributed by atoms with E-state index in [1.165, 1.54) is 0 Å². The molecule has 1 rings (SSSR count). The van der Waals surface area contributed by atoms with E-state index in [2.05, 4.69) is 29.0 Å². The average Bonchev–Trinajstić information content (AvgIpc) is 2.51. The van der Waals surface area contributed by atoms with Gasteiger partial charge in [0.2, 0.25) is 0 Å². The fourth-order valence-corrected chi connectivity index (χ4v) is 2.46. The van der Waals surface area contributed by atoms with Crippen LogP contribution in [0.1, 0.15) is 32.8 Å². The lowest BCUT2D eigenvalue weighted by Crippen LogP contribution is -2.31. The van der Waals surface area contributed by atoms with Crippen LogP contribution in [0.4, 0.5) is 10.2 Å². The van der Waals surface area contributed by atoms with Gasteiger partial charge in [-0.1, -0.05) is 13.8 Å².